The zero-order chi connectivity index (χ0) is 10.3. The van der Waals surface area contributed by atoms with E-state index in [0.29, 0.717) is 0 Å². The Morgan fingerprint density at radius 2 is 1.85 bits per heavy atom. The van der Waals surface area contributed by atoms with Crippen LogP contribution >= 0.6 is 11.6 Å². The second kappa shape index (κ2) is 6.42. The fraction of sp³-hybridized carbons (Fsp3) is 0. The smallest absolute Gasteiger partial charge is 0.430 e. The minimum absolute atomic E-state index is 0.0517. The second-order valence-corrected chi connectivity index (χ2v) is 2.26. The average Bonchev–Trinajstić information content (AvgIpc) is 2.06. The number of benzene rings is 1. The number of hydrogen-bond donors (Lipinski definition) is 2. The molecule has 1 aromatic carbocycles. The molecule has 7 heteroatoms. The van der Waals surface area contributed by atoms with Crippen molar-refractivity contribution in [3.8, 4) is 0 Å². The molecule has 0 spiro atoms. The lowest BCUT2D eigenvalue weighted by atomic mass is 10.3. The van der Waals surface area contributed by atoms with Gasteiger partial charge in [0.1, 0.15) is 5.02 Å². The Labute approximate surface area is 80.0 Å². The van der Waals surface area contributed by atoms with Crippen molar-refractivity contribution in [1.82, 2.24) is 0 Å². The van der Waals surface area contributed by atoms with Crippen LogP contribution in [0.4, 0.5) is 5.69 Å². The molecular formula is C6H7BClNO4. The molecule has 0 unspecified atom stereocenters. The molecule has 70 valence electrons. The van der Waals surface area contributed by atoms with Crippen molar-refractivity contribution >= 4 is 25.0 Å². The Bertz CT molecular complexity index is 283. The minimum atomic E-state index is -0.750. The van der Waals surface area contributed by atoms with Gasteiger partial charge in [-0.25, -0.2) is 0 Å². The molecule has 0 fully saturated rings. The SMILES string of the molecule is O=[N+]([O-])c1ccccc1Cl.OBO. The second-order valence-electron chi connectivity index (χ2n) is 1.85. The molecule has 0 amide bonds. The van der Waals surface area contributed by atoms with Gasteiger partial charge in [0, 0.05) is 6.07 Å². The predicted octanol–water partition coefficient (Wildman–Crippen LogP) is 0.486. The first-order valence-electron chi connectivity index (χ1n) is 3.24. The van der Waals surface area contributed by atoms with Gasteiger partial charge in [-0.2, -0.15) is 0 Å². The molecule has 0 aliphatic rings. The lowest BCUT2D eigenvalue weighted by Gasteiger charge is -1.90. The Hall–Kier alpha value is -1.11. The van der Waals surface area contributed by atoms with E-state index in [1.54, 1.807) is 12.1 Å². The van der Waals surface area contributed by atoms with E-state index < -0.39 is 12.6 Å². The normalized spacial score (nSPS) is 8.23. The summed E-state index contributed by atoms with van der Waals surface area (Å²) in [6, 6.07) is 6.07. The van der Waals surface area contributed by atoms with Gasteiger partial charge in [0.25, 0.3) is 5.69 Å². The highest BCUT2D eigenvalue weighted by molar-refractivity contribution is 6.32. The van der Waals surface area contributed by atoms with Crippen LogP contribution in [0.2, 0.25) is 5.02 Å². The Morgan fingerprint density at radius 3 is 2.15 bits per heavy atom. The maximum Gasteiger partial charge on any atom is 0.432 e. The van der Waals surface area contributed by atoms with Gasteiger partial charge in [-0.1, -0.05) is 23.7 Å². The van der Waals surface area contributed by atoms with Crippen molar-refractivity contribution in [2.45, 2.75) is 0 Å². The number of nitro groups is 1. The average molecular weight is 203 g/mol. The summed E-state index contributed by atoms with van der Waals surface area (Å²) >= 11 is 5.48. The number of hydrogen-bond acceptors (Lipinski definition) is 4. The lowest BCUT2D eigenvalue weighted by molar-refractivity contribution is -0.384. The highest BCUT2D eigenvalue weighted by Gasteiger charge is 2.08. The van der Waals surface area contributed by atoms with E-state index in [1.165, 1.54) is 12.1 Å². The Balaban J connectivity index is 0.000000424. The molecule has 0 bridgehead atoms. The van der Waals surface area contributed by atoms with Gasteiger partial charge in [0.2, 0.25) is 0 Å². The summed E-state index contributed by atoms with van der Waals surface area (Å²) in [6.07, 6.45) is 0. The zero-order valence-electron chi connectivity index (χ0n) is 6.55. The Kier molecular flexibility index (Phi) is 5.87. The van der Waals surface area contributed by atoms with Crippen LogP contribution in [0.1, 0.15) is 0 Å². The van der Waals surface area contributed by atoms with Crippen LogP contribution in [0.25, 0.3) is 0 Å². The van der Waals surface area contributed by atoms with E-state index >= 15 is 0 Å². The number of para-hydroxylation sites is 1. The van der Waals surface area contributed by atoms with E-state index in [9.17, 15) is 10.1 Å². The molecule has 1 rings (SSSR count). The van der Waals surface area contributed by atoms with Gasteiger partial charge in [0.15, 0.2) is 0 Å². The minimum Gasteiger partial charge on any atom is -0.430 e. The predicted molar refractivity (Wildman–Crippen MR) is 49.7 cm³/mol. The molecule has 13 heavy (non-hydrogen) atoms. The molecule has 0 aliphatic heterocycles. The molecule has 0 saturated heterocycles. The fourth-order valence-corrected chi connectivity index (χ4v) is 0.805. The number of rotatable bonds is 1. The highest BCUT2D eigenvalue weighted by atomic mass is 35.5. The van der Waals surface area contributed by atoms with E-state index in [-0.39, 0.29) is 10.7 Å². The van der Waals surface area contributed by atoms with Crippen LogP contribution in [-0.4, -0.2) is 22.7 Å². The molecule has 0 aromatic heterocycles. The van der Waals surface area contributed by atoms with Crippen molar-refractivity contribution in [2.24, 2.45) is 0 Å². The standard InChI is InChI=1S/C6H4ClNO2.BH3O2/c7-5-3-1-2-4-6(5)8(9)10;2-1-3/h1-4H;1-3H. The molecule has 1 aromatic rings. The monoisotopic (exact) mass is 203 g/mol. The van der Waals surface area contributed by atoms with Gasteiger partial charge in [-0.05, 0) is 6.07 Å². The molecule has 5 nitrogen and oxygen atoms in total. The number of halogens is 1. The van der Waals surface area contributed by atoms with Crippen LogP contribution in [-0.2, 0) is 0 Å². The third kappa shape index (κ3) is 4.46. The van der Waals surface area contributed by atoms with Gasteiger partial charge >= 0.3 is 7.69 Å². The van der Waals surface area contributed by atoms with E-state index in [1.807, 2.05) is 0 Å². The van der Waals surface area contributed by atoms with Gasteiger partial charge in [0.05, 0.1) is 4.92 Å². The van der Waals surface area contributed by atoms with Crippen molar-refractivity contribution < 1.29 is 15.0 Å². The largest absolute Gasteiger partial charge is 0.432 e. The maximum atomic E-state index is 10.1. The van der Waals surface area contributed by atoms with Crippen LogP contribution in [0.5, 0.6) is 0 Å². The maximum absolute atomic E-state index is 10.1. The topological polar surface area (TPSA) is 83.6 Å². The van der Waals surface area contributed by atoms with Crippen molar-refractivity contribution in [3.05, 3.63) is 39.4 Å². The van der Waals surface area contributed by atoms with Crippen LogP contribution in [0.3, 0.4) is 0 Å². The van der Waals surface area contributed by atoms with Crippen LogP contribution in [0.15, 0.2) is 24.3 Å². The summed E-state index contributed by atoms with van der Waals surface area (Å²) in [7, 11) is -0.750. The van der Waals surface area contributed by atoms with Crippen molar-refractivity contribution in [2.75, 3.05) is 0 Å². The summed E-state index contributed by atoms with van der Waals surface area (Å²) < 4.78 is 0. The third-order valence-electron chi connectivity index (χ3n) is 1.05. The molecule has 0 radical (unpaired) electrons. The summed E-state index contributed by atoms with van der Waals surface area (Å²) in [6.45, 7) is 0. The van der Waals surface area contributed by atoms with Crippen LogP contribution < -0.4 is 0 Å². The first-order valence-corrected chi connectivity index (χ1v) is 3.62. The summed E-state index contributed by atoms with van der Waals surface area (Å²) in [5.74, 6) is 0. The zero-order valence-corrected chi connectivity index (χ0v) is 7.31. The molecule has 0 atom stereocenters. The summed E-state index contributed by atoms with van der Waals surface area (Å²) in [5, 5.41) is 24.6. The highest BCUT2D eigenvalue weighted by Crippen LogP contribution is 2.21. The summed E-state index contributed by atoms with van der Waals surface area (Å²) in [5.41, 5.74) is -0.0517. The van der Waals surface area contributed by atoms with Crippen molar-refractivity contribution in [1.29, 1.82) is 0 Å². The molecule has 2 N–H and O–H groups in total. The van der Waals surface area contributed by atoms with E-state index in [4.69, 9.17) is 21.6 Å². The van der Waals surface area contributed by atoms with Gasteiger partial charge in [-0.3, -0.25) is 10.1 Å². The molecule has 0 aliphatic carbocycles. The van der Waals surface area contributed by atoms with E-state index in [0.717, 1.165) is 0 Å². The lowest BCUT2D eigenvalue weighted by Crippen LogP contribution is -1.87. The fourth-order valence-electron chi connectivity index (χ4n) is 0.600. The first-order chi connectivity index (χ1) is 6.13. The molecule has 0 heterocycles. The summed E-state index contributed by atoms with van der Waals surface area (Å²) in [4.78, 5) is 9.63. The Morgan fingerprint density at radius 1 is 1.38 bits per heavy atom. The number of nitro benzene ring substituents is 1. The van der Waals surface area contributed by atoms with Crippen molar-refractivity contribution in [3.63, 3.8) is 0 Å². The van der Waals surface area contributed by atoms with Gasteiger partial charge in [-0.15, -0.1) is 0 Å². The molecular weight excluding hydrogens is 196 g/mol. The number of nitrogens with zero attached hydrogens (tertiary/aromatic N) is 1. The van der Waals surface area contributed by atoms with Crippen LogP contribution in [0, 0.1) is 10.1 Å². The van der Waals surface area contributed by atoms with E-state index in [2.05, 4.69) is 0 Å². The van der Waals surface area contributed by atoms with Gasteiger partial charge < -0.3 is 10.0 Å². The molecule has 0 saturated carbocycles. The third-order valence-corrected chi connectivity index (χ3v) is 1.37. The first kappa shape index (κ1) is 11.9. The quantitative estimate of drug-likeness (QED) is 0.395.